The molecule has 0 amide bonds. The van der Waals surface area contributed by atoms with Gasteiger partial charge in [-0.2, -0.15) is 0 Å². The number of ether oxygens (including phenoxy) is 3. The van der Waals surface area contributed by atoms with Crippen LogP contribution in [0.1, 0.15) is 213 Å². The fourth-order valence-electron chi connectivity index (χ4n) is 6.82. The van der Waals surface area contributed by atoms with Gasteiger partial charge in [-0.05, 0) is 116 Å². The summed E-state index contributed by atoms with van der Waals surface area (Å²) in [4.78, 5) is 25.4. The van der Waals surface area contributed by atoms with Crippen LogP contribution in [0.4, 0.5) is 0 Å². The highest BCUT2D eigenvalue weighted by molar-refractivity contribution is 5.70. The molecule has 0 saturated carbocycles. The number of esters is 2. The van der Waals surface area contributed by atoms with Gasteiger partial charge in [-0.25, -0.2) is 0 Å². The third-order valence-electron chi connectivity index (χ3n) is 10.7. The molecular formula is C61H98O5. The third-order valence-corrected chi connectivity index (χ3v) is 10.7. The first-order valence-corrected chi connectivity index (χ1v) is 26.7. The van der Waals surface area contributed by atoms with E-state index in [4.69, 9.17) is 14.2 Å². The van der Waals surface area contributed by atoms with Crippen molar-refractivity contribution in [2.24, 2.45) is 0 Å². The average molecular weight is 911 g/mol. The third kappa shape index (κ3) is 52.7. The Morgan fingerprint density at radius 3 is 1.08 bits per heavy atom. The lowest BCUT2D eigenvalue weighted by Crippen LogP contribution is -2.30. The molecule has 0 aromatic rings. The maximum Gasteiger partial charge on any atom is 0.306 e. The minimum Gasteiger partial charge on any atom is -0.462 e. The highest BCUT2D eigenvalue weighted by Crippen LogP contribution is 2.13. The Kier molecular flexibility index (Phi) is 52.0. The van der Waals surface area contributed by atoms with Gasteiger partial charge in [0, 0.05) is 19.4 Å². The van der Waals surface area contributed by atoms with E-state index in [1.54, 1.807) is 0 Å². The van der Waals surface area contributed by atoms with Crippen LogP contribution in [-0.4, -0.2) is 37.9 Å². The van der Waals surface area contributed by atoms with Gasteiger partial charge >= 0.3 is 11.9 Å². The lowest BCUT2D eigenvalue weighted by atomic mass is 10.1. The maximum atomic E-state index is 12.8. The van der Waals surface area contributed by atoms with Crippen LogP contribution in [0.5, 0.6) is 0 Å². The molecule has 1 unspecified atom stereocenters. The van der Waals surface area contributed by atoms with Gasteiger partial charge in [0.05, 0.1) is 6.61 Å². The van der Waals surface area contributed by atoms with Crippen molar-refractivity contribution in [3.05, 3.63) is 134 Å². The van der Waals surface area contributed by atoms with Crippen molar-refractivity contribution in [3.63, 3.8) is 0 Å². The van der Waals surface area contributed by atoms with E-state index in [-0.39, 0.29) is 31.6 Å². The summed E-state index contributed by atoms with van der Waals surface area (Å²) in [5, 5.41) is 0. The van der Waals surface area contributed by atoms with Crippen LogP contribution < -0.4 is 0 Å². The number of rotatable bonds is 47. The van der Waals surface area contributed by atoms with Gasteiger partial charge in [0.15, 0.2) is 6.10 Å². The summed E-state index contributed by atoms with van der Waals surface area (Å²) < 4.78 is 17.3. The Balaban J connectivity index is 4.39. The Labute approximate surface area is 407 Å². The van der Waals surface area contributed by atoms with Crippen LogP contribution in [0.15, 0.2) is 134 Å². The molecule has 1 atom stereocenters. The van der Waals surface area contributed by atoms with Gasteiger partial charge in [0.2, 0.25) is 0 Å². The SMILES string of the molecule is CC/C=C\C/C=C\C/C=C\C/C=C\CCCCCCCCC(=O)OCC(COCCCCCCCCCC/C=C\C/C=C\C/C=C\CC)OC(=O)CC/C=C\C/C=C\C/C=C\C/C=C\CC. The molecule has 0 aromatic heterocycles. The molecule has 372 valence electrons. The van der Waals surface area contributed by atoms with Crippen molar-refractivity contribution in [2.75, 3.05) is 19.8 Å². The molecule has 0 saturated heterocycles. The largest absolute Gasteiger partial charge is 0.462 e. The van der Waals surface area contributed by atoms with E-state index in [2.05, 4.69) is 148 Å². The topological polar surface area (TPSA) is 61.8 Å². The fourth-order valence-corrected chi connectivity index (χ4v) is 6.82. The molecule has 0 aliphatic heterocycles. The van der Waals surface area contributed by atoms with E-state index in [0.717, 1.165) is 109 Å². The molecular weight excluding hydrogens is 813 g/mol. The zero-order chi connectivity index (χ0) is 47.7. The summed E-state index contributed by atoms with van der Waals surface area (Å²) in [7, 11) is 0. The highest BCUT2D eigenvalue weighted by Gasteiger charge is 2.17. The smallest absolute Gasteiger partial charge is 0.306 e. The van der Waals surface area contributed by atoms with Crippen LogP contribution in [0.3, 0.4) is 0 Å². The molecule has 0 fully saturated rings. The first-order chi connectivity index (χ1) is 32.6. The number of hydrogen-bond donors (Lipinski definition) is 0. The Morgan fingerprint density at radius 2 is 0.667 bits per heavy atom. The zero-order valence-electron chi connectivity index (χ0n) is 42.7. The summed E-state index contributed by atoms with van der Waals surface area (Å²) in [6.07, 6.45) is 79.1. The summed E-state index contributed by atoms with van der Waals surface area (Å²) in [6, 6.07) is 0. The van der Waals surface area contributed by atoms with E-state index in [0.29, 0.717) is 19.4 Å². The molecule has 0 heterocycles. The van der Waals surface area contributed by atoms with Crippen molar-refractivity contribution in [3.8, 4) is 0 Å². The van der Waals surface area contributed by atoms with Crippen LogP contribution in [0.25, 0.3) is 0 Å². The molecule has 0 aromatic carbocycles. The highest BCUT2D eigenvalue weighted by atomic mass is 16.6. The average Bonchev–Trinajstić information content (AvgIpc) is 3.32. The lowest BCUT2D eigenvalue weighted by molar-refractivity contribution is -0.162. The second-order valence-corrected chi connectivity index (χ2v) is 17.0. The fraction of sp³-hybridized carbons (Fsp3) is 0.607. The molecule has 5 heteroatoms. The first-order valence-electron chi connectivity index (χ1n) is 26.7. The van der Waals surface area contributed by atoms with E-state index >= 15 is 0 Å². The van der Waals surface area contributed by atoms with Crippen molar-refractivity contribution in [1.29, 1.82) is 0 Å². The summed E-state index contributed by atoms with van der Waals surface area (Å²) in [5.41, 5.74) is 0. The molecule has 0 rings (SSSR count). The number of carbonyl (C=O) groups excluding carboxylic acids is 2. The predicted molar refractivity (Wildman–Crippen MR) is 288 cm³/mol. The Hall–Kier alpha value is -3.96. The Morgan fingerprint density at radius 1 is 0.333 bits per heavy atom. The minimum atomic E-state index is -0.594. The summed E-state index contributed by atoms with van der Waals surface area (Å²) in [5.74, 6) is -0.520. The number of unbranched alkanes of at least 4 members (excludes halogenated alkanes) is 14. The van der Waals surface area contributed by atoms with Gasteiger partial charge in [0.25, 0.3) is 0 Å². The monoisotopic (exact) mass is 911 g/mol. The van der Waals surface area contributed by atoms with Crippen LogP contribution >= 0.6 is 0 Å². The van der Waals surface area contributed by atoms with Crippen molar-refractivity contribution in [1.82, 2.24) is 0 Å². The van der Waals surface area contributed by atoms with Crippen LogP contribution in [-0.2, 0) is 23.8 Å². The van der Waals surface area contributed by atoms with Crippen molar-refractivity contribution < 1.29 is 23.8 Å². The quantitative estimate of drug-likeness (QED) is 0.0346. The molecule has 5 nitrogen and oxygen atoms in total. The molecule has 0 bridgehead atoms. The maximum absolute atomic E-state index is 12.8. The molecule has 0 radical (unpaired) electrons. The molecule has 0 aliphatic carbocycles. The first kappa shape index (κ1) is 62.0. The zero-order valence-corrected chi connectivity index (χ0v) is 42.7. The van der Waals surface area contributed by atoms with E-state index in [1.807, 2.05) is 6.08 Å². The Bertz CT molecular complexity index is 1400. The van der Waals surface area contributed by atoms with Gasteiger partial charge < -0.3 is 14.2 Å². The van der Waals surface area contributed by atoms with Crippen molar-refractivity contribution in [2.45, 2.75) is 219 Å². The standard InChI is InChI=1S/C61H98O5/c1-4-7-10-13-16-19-22-25-27-29-31-32-34-37-39-42-45-48-51-54-60(62)65-58-59(66-61(63)55-52-49-46-43-40-36-24-21-18-15-12-9-6-3)57-64-56-53-50-47-44-41-38-35-33-30-28-26-23-20-17-14-11-8-5-2/h7-12,16-21,25-28,31-32,36,40,46,49,59H,4-6,13-15,22-24,29-30,33-35,37-39,41-45,47-48,50-58H2,1-3H3/b10-7-,11-8-,12-9-,19-16-,20-17-,21-18-,27-25-,28-26-,32-31-,40-36-,49-46-. The second-order valence-electron chi connectivity index (χ2n) is 17.0. The summed E-state index contributed by atoms with van der Waals surface area (Å²) >= 11 is 0. The van der Waals surface area contributed by atoms with E-state index in [9.17, 15) is 9.59 Å². The molecule has 66 heavy (non-hydrogen) atoms. The summed E-state index contributed by atoms with van der Waals surface area (Å²) in [6.45, 7) is 7.37. The van der Waals surface area contributed by atoms with Gasteiger partial charge in [-0.3, -0.25) is 9.59 Å². The van der Waals surface area contributed by atoms with Crippen LogP contribution in [0.2, 0.25) is 0 Å². The lowest BCUT2D eigenvalue weighted by Gasteiger charge is -2.18. The van der Waals surface area contributed by atoms with Gasteiger partial charge in [-0.1, -0.05) is 219 Å². The number of carbonyl (C=O) groups is 2. The van der Waals surface area contributed by atoms with E-state index < -0.39 is 6.10 Å². The minimum absolute atomic E-state index is 0.0373. The molecule has 0 aliphatic rings. The van der Waals surface area contributed by atoms with Gasteiger partial charge in [-0.15, -0.1) is 0 Å². The molecule has 0 N–H and O–H groups in total. The van der Waals surface area contributed by atoms with Gasteiger partial charge in [0.1, 0.15) is 6.61 Å². The second kappa shape index (κ2) is 55.4. The van der Waals surface area contributed by atoms with Crippen molar-refractivity contribution >= 4 is 11.9 Å². The van der Waals surface area contributed by atoms with E-state index in [1.165, 1.54) is 64.2 Å². The normalized spacial score (nSPS) is 13.3. The number of hydrogen-bond acceptors (Lipinski definition) is 5. The van der Waals surface area contributed by atoms with Crippen LogP contribution in [0, 0.1) is 0 Å². The molecule has 0 spiro atoms. The number of allylic oxidation sites excluding steroid dienone is 22. The predicted octanol–water partition coefficient (Wildman–Crippen LogP) is 18.3.